The molecule has 0 saturated heterocycles. The number of rotatable bonds is 6. The van der Waals surface area contributed by atoms with Crippen LogP contribution < -0.4 is 10.9 Å². The molecule has 0 aliphatic carbocycles. The minimum Gasteiger partial charge on any atom is -0.353 e. The van der Waals surface area contributed by atoms with Crippen LogP contribution in [0.25, 0.3) is 16.6 Å². The maximum atomic E-state index is 13.4. The van der Waals surface area contributed by atoms with Gasteiger partial charge in [-0.2, -0.15) is 0 Å². The molecule has 0 radical (unpaired) electrons. The van der Waals surface area contributed by atoms with E-state index in [1.54, 1.807) is 10.6 Å². The summed E-state index contributed by atoms with van der Waals surface area (Å²) < 4.78 is 1.64. The monoisotopic (exact) mass is 395 g/mol. The first-order valence-corrected chi connectivity index (χ1v) is 10.4. The van der Waals surface area contributed by atoms with E-state index >= 15 is 0 Å². The molecule has 0 unspecified atom stereocenters. The maximum Gasteiger partial charge on any atom is 0.266 e. The second-order valence-corrected chi connectivity index (χ2v) is 8.22. The van der Waals surface area contributed by atoms with Crippen molar-refractivity contribution in [3.05, 3.63) is 64.4 Å². The van der Waals surface area contributed by atoms with E-state index < -0.39 is 0 Å². The van der Waals surface area contributed by atoms with Crippen LogP contribution in [0.4, 0.5) is 0 Å². The van der Waals surface area contributed by atoms with Crippen LogP contribution in [0.15, 0.2) is 58.5 Å². The third-order valence-corrected chi connectivity index (χ3v) is 5.27. The van der Waals surface area contributed by atoms with Gasteiger partial charge in [-0.05, 0) is 43.5 Å². The molecule has 1 N–H and O–H groups in total. The highest BCUT2D eigenvalue weighted by Crippen LogP contribution is 2.27. The minimum atomic E-state index is -0.120. The summed E-state index contributed by atoms with van der Waals surface area (Å²) in [5.74, 6) is 0.370. The molecule has 0 spiro atoms. The van der Waals surface area contributed by atoms with Crippen molar-refractivity contribution >= 4 is 28.6 Å². The highest BCUT2D eigenvalue weighted by molar-refractivity contribution is 7.99. The van der Waals surface area contributed by atoms with Crippen molar-refractivity contribution in [1.82, 2.24) is 14.9 Å². The van der Waals surface area contributed by atoms with Crippen molar-refractivity contribution in [1.29, 1.82) is 0 Å². The number of aromatic nitrogens is 2. The van der Waals surface area contributed by atoms with Crippen molar-refractivity contribution in [2.75, 3.05) is 5.75 Å². The molecule has 146 valence electrons. The van der Waals surface area contributed by atoms with E-state index in [0.717, 1.165) is 11.3 Å². The van der Waals surface area contributed by atoms with Gasteiger partial charge >= 0.3 is 0 Å². The van der Waals surface area contributed by atoms with Crippen LogP contribution in [0, 0.1) is 0 Å². The van der Waals surface area contributed by atoms with Gasteiger partial charge in [-0.1, -0.05) is 55.9 Å². The lowest BCUT2D eigenvalue weighted by Gasteiger charge is -2.18. The molecule has 6 heteroatoms. The van der Waals surface area contributed by atoms with Gasteiger partial charge in [-0.3, -0.25) is 14.2 Å². The number of thioether (sulfide) groups is 1. The van der Waals surface area contributed by atoms with Gasteiger partial charge in [-0.15, -0.1) is 0 Å². The number of para-hydroxylation sites is 2. The quantitative estimate of drug-likeness (QED) is 0.504. The third-order valence-electron chi connectivity index (χ3n) is 4.33. The maximum absolute atomic E-state index is 13.4. The minimum absolute atomic E-state index is 0.0709. The summed E-state index contributed by atoms with van der Waals surface area (Å²) in [5, 5.41) is 3.97. The fraction of sp³-hybridized carbons (Fsp3) is 0.318. The van der Waals surface area contributed by atoms with E-state index in [1.807, 2.05) is 56.3 Å². The summed E-state index contributed by atoms with van der Waals surface area (Å²) in [7, 11) is 0. The van der Waals surface area contributed by atoms with E-state index in [0.29, 0.717) is 16.1 Å². The van der Waals surface area contributed by atoms with E-state index in [1.165, 1.54) is 11.8 Å². The Morgan fingerprint density at radius 3 is 2.46 bits per heavy atom. The molecule has 2 aromatic carbocycles. The van der Waals surface area contributed by atoms with Crippen LogP contribution in [0.3, 0.4) is 0 Å². The molecular weight excluding hydrogens is 370 g/mol. The van der Waals surface area contributed by atoms with Crippen LogP contribution in [0.2, 0.25) is 0 Å². The zero-order valence-corrected chi connectivity index (χ0v) is 17.4. The molecule has 0 aliphatic rings. The molecule has 5 nitrogen and oxygen atoms in total. The van der Waals surface area contributed by atoms with Crippen LogP contribution in [0.5, 0.6) is 0 Å². The standard InChI is InChI=1S/C22H25N3O2S/c1-14(2)16-9-6-8-12-19(16)25-21(27)17-10-5-7-11-18(17)24-22(25)28-13-20(26)23-15(3)4/h5-12,14-15H,13H2,1-4H3,(H,23,26). The predicted molar refractivity (Wildman–Crippen MR) is 115 cm³/mol. The van der Waals surface area contributed by atoms with Gasteiger partial charge in [0, 0.05) is 6.04 Å². The Balaban J connectivity index is 2.16. The van der Waals surface area contributed by atoms with E-state index in [-0.39, 0.29) is 29.2 Å². The highest BCUT2D eigenvalue weighted by Gasteiger charge is 2.18. The highest BCUT2D eigenvalue weighted by atomic mass is 32.2. The summed E-state index contributed by atoms with van der Waals surface area (Å²) in [6.07, 6.45) is 0. The normalized spacial score (nSPS) is 11.4. The number of fused-ring (bicyclic) bond motifs is 1. The second kappa shape index (κ2) is 8.61. The Hall–Kier alpha value is -2.60. The van der Waals surface area contributed by atoms with Crippen molar-refractivity contribution in [2.24, 2.45) is 0 Å². The summed E-state index contributed by atoms with van der Waals surface area (Å²) >= 11 is 1.28. The molecule has 3 aromatic rings. The largest absolute Gasteiger partial charge is 0.353 e. The van der Waals surface area contributed by atoms with E-state index in [2.05, 4.69) is 19.2 Å². The lowest BCUT2D eigenvalue weighted by Crippen LogP contribution is -2.32. The number of amides is 1. The van der Waals surface area contributed by atoms with Gasteiger partial charge in [0.25, 0.3) is 5.56 Å². The van der Waals surface area contributed by atoms with Crippen LogP contribution in [-0.2, 0) is 4.79 Å². The first-order valence-electron chi connectivity index (χ1n) is 9.41. The summed E-state index contributed by atoms with van der Waals surface area (Å²) in [6, 6.07) is 15.2. The zero-order chi connectivity index (χ0) is 20.3. The number of benzene rings is 2. The molecule has 0 aliphatic heterocycles. The lowest BCUT2D eigenvalue weighted by molar-refractivity contribution is -0.119. The number of nitrogens with one attached hydrogen (secondary N) is 1. The molecular formula is C22H25N3O2S. The Labute approximate surface area is 169 Å². The van der Waals surface area contributed by atoms with Gasteiger partial charge in [0.05, 0.1) is 22.3 Å². The van der Waals surface area contributed by atoms with Gasteiger partial charge in [-0.25, -0.2) is 4.98 Å². The summed E-state index contributed by atoms with van der Waals surface area (Å²) in [6.45, 7) is 8.04. The predicted octanol–water partition coefficient (Wildman–Crippen LogP) is 4.13. The fourth-order valence-electron chi connectivity index (χ4n) is 3.09. The Morgan fingerprint density at radius 2 is 1.75 bits per heavy atom. The van der Waals surface area contributed by atoms with Crippen molar-refractivity contribution in [3.8, 4) is 5.69 Å². The molecule has 0 fully saturated rings. The Bertz CT molecular complexity index is 1060. The molecule has 0 saturated carbocycles. The van der Waals surface area contributed by atoms with Crippen molar-refractivity contribution < 1.29 is 4.79 Å². The number of hydrogen-bond donors (Lipinski definition) is 1. The molecule has 1 aromatic heterocycles. The van der Waals surface area contributed by atoms with Gasteiger partial charge < -0.3 is 5.32 Å². The fourth-order valence-corrected chi connectivity index (χ4v) is 3.91. The van der Waals surface area contributed by atoms with Crippen molar-refractivity contribution in [2.45, 2.75) is 44.8 Å². The molecule has 0 atom stereocenters. The molecule has 3 rings (SSSR count). The van der Waals surface area contributed by atoms with E-state index in [9.17, 15) is 9.59 Å². The second-order valence-electron chi connectivity index (χ2n) is 7.28. The van der Waals surface area contributed by atoms with Crippen molar-refractivity contribution in [3.63, 3.8) is 0 Å². The zero-order valence-electron chi connectivity index (χ0n) is 16.6. The van der Waals surface area contributed by atoms with Gasteiger partial charge in [0.2, 0.25) is 5.91 Å². The van der Waals surface area contributed by atoms with Crippen LogP contribution in [0.1, 0.15) is 39.2 Å². The number of carbonyl (C=O) groups excluding carboxylic acids is 1. The third kappa shape index (κ3) is 4.28. The molecule has 1 heterocycles. The smallest absolute Gasteiger partial charge is 0.266 e. The average Bonchev–Trinajstić information content (AvgIpc) is 2.66. The first kappa shape index (κ1) is 20.1. The van der Waals surface area contributed by atoms with Crippen LogP contribution in [-0.4, -0.2) is 27.3 Å². The lowest BCUT2D eigenvalue weighted by atomic mass is 10.0. The summed E-state index contributed by atoms with van der Waals surface area (Å²) in [4.78, 5) is 30.2. The Morgan fingerprint density at radius 1 is 1.07 bits per heavy atom. The number of carbonyl (C=O) groups is 1. The molecule has 1 amide bonds. The molecule has 0 bridgehead atoms. The van der Waals surface area contributed by atoms with Gasteiger partial charge in [0.1, 0.15) is 0 Å². The summed E-state index contributed by atoms with van der Waals surface area (Å²) in [5.41, 5.74) is 2.39. The topological polar surface area (TPSA) is 64.0 Å². The number of nitrogens with zero attached hydrogens (tertiary/aromatic N) is 2. The van der Waals surface area contributed by atoms with Crippen LogP contribution >= 0.6 is 11.8 Å². The number of hydrogen-bond acceptors (Lipinski definition) is 4. The molecule has 28 heavy (non-hydrogen) atoms. The van der Waals surface area contributed by atoms with Gasteiger partial charge in [0.15, 0.2) is 5.16 Å². The van der Waals surface area contributed by atoms with E-state index in [4.69, 9.17) is 4.98 Å². The average molecular weight is 396 g/mol. The Kier molecular flexibility index (Phi) is 6.19. The SMILES string of the molecule is CC(C)NC(=O)CSc1nc2ccccc2c(=O)n1-c1ccccc1C(C)C. The first-order chi connectivity index (χ1) is 13.4.